The van der Waals surface area contributed by atoms with E-state index in [9.17, 15) is 14.4 Å². The molecular formula is C27H32N2O5. The second-order valence-electron chi connectivity index (χ2n) is 9.24. The van der Waals surface area contributed by atoms with Crippen LogP contribution in [0.3, 0.4) is 0 Å². The topological polar surface area (TPSA) is 105 Å². The second kappa shape index (κ2) is 10.7. The van der Waals surface area contributed by atoms with Crippen LogP contribution in [0.4, 0.5) is 4.79 Å². The number of ether oxygens (including phenoxy) is 1. The monoisotopic (exact) mass is 464 g/mol. The lowest BCUT2D eigenvalue weighted by molar-refractivity contribution is -0.138. The minimum atomic E-state index is -0.916. The van der Waals surface area contributed by atoms with Gasteiger partial charge in [-0.15, -0.1) is 0 Å². The van der Waals surface area contributed by atoms with Gasteiger partial charge >= 0.3 is 12.1 Å². The second-order valence-corrected chi connectivity index (χ2v) is 9.24. The van der Waals surface area contributed by atoms with E-state index >= 15 is 0 Å². The first kappa shape index (κ1) is 23.8. The van der Waals surface area contributed by atoms with Gasteiger partial charge in [-0.2, -0.15) is 0 Å². The lowest BCUT2D eigenvalue weighted by Gasteiger charge is -2.33. The quantitative estimate of drug-likeness (QED) is 0.482. The lowest BCUT2D eigenvalue weighted by Crippen LogP contribution is -2.46. The van der Waals surface area contributed by atoms with Crippen molar-refractivity contribution in [1.82, 2.24) is 10.6 Å². The summed E-state index contributed by atoms with van der Waals surface area (Å²) in [7, 11) is 0. The van der Waals surface area contributed by atoms with Gasteiger partial charge in [-0.25, -0.2) is 4.79 Å². The van der Waals surface area contributed by atoms with Crippen molar-refractivity contribution < 1.29 is 24.2 Å². The molecule has 3 N–H and O–H groups in total. The highest BCUT2D eigenvalue weighted by molar-refractivity contribution is 5.80. The average molecular weight is 465 g/mol. The molecule has 0 bridgehead atoms. The fraction of sp³-hybridized carbons (Fsp3) is 0.444. The van der Waals surface area contributed by atoms with Crippen molar-refractivity contribution >= 4 is 18.0 Å². The van der Waals surface area contributed by atoms with E-state index in [0.29, 0.717) is 6.42 Å². The van der Waals surface area contributed by atoms with Crippen molar-refractivity contribution in [3.63, 3.8) is 0 Å². The van der Waals surface area contributed by atoms with Crippen molar-refractivity contribution in [1.29, 1.82) is 0 Å². The summed E-state index contributed by atoms with van der Waals surface area (Å²) in [4.78, 5) is 36.3. The molecule has 0 radical (unpaired) electrons. The number of aliphatic carboxylic acids is 1. The summed E-state index contributed by atoms with van der Waals surface area (Å²) < 4.78 is 5.59. The van der Waals surface area contributed by atoms with Crippen LogP contribution in [-0.2, 0) is 14.3 Å². The number of rotatable bonds is 10. The highest BCUT2D eigenvalue weighted by atomic mass is 16.5. The Balaban J connectivity index is 1.31. The Hall–Kier alpha value is -3.35. The lowest BCUT2D eigenvalue weighted by atomic mass is 9.78. The third-order valence-electron chi connectivity index (χ3n) is 7.05. The average Bonchev–Trinajstić information content (AvgIpc) is 3.09. The molecule has 0 heterocycles. The molecule has 0 spiro atoms. The third-order valence-corrected chi connectivity index (χ3v) is 7.05. The van der Waals surface area contributed by atoms with Crippen molar-refractivity contribution in [2.75, 3.05) is 6.61 Å². The molecule has 4 rings (SSSR count). The minimum Gasteiger partial charge on any atom is -0.481 e. The molecule has 2 atom stereocenters. The zero-order chi connectivity index (χ0) is 24.1. The molecule has 2 aliphatic rings. The predicted molar refractivity (Wildman–Crippen MR) is 128 cm³/mol. The zero-order valence-electron chi connectivity index (χ0n) is 19.5. The normalized spacial score (nSPS) is 16.5. The summed E-state index contributed by atoms with van der Waals surface area (Å²) in [6.45, 7) is 2.10. The molecule has 1 saturated carbocycles. The van der Waals surface area contributed by atoms with E-state index in [-0.39, 0.29) is 49.3 Å². The summed E-state index contributed by atoms with van der Waals surface area (Å²) in [6.07, 6.45) is 2.96. The first-order chi connectivity index (χ1) is 16.5. The predicted octanol–water partition coefficient (Wildman–Crippen LogP) is 4.45. The van der Waals surface area contributed by atoms with E-state index in [1.165, 1.54) is 0 Å². The smallest absolute Gasteiger partial charge is 0.407 e. The Labute approximate surface area is 199 Å². The third kappa shape index (κ3) is 5.41. The molecule has 1 unspecified atom stereocenters. The fourth-order valence-electron chi connectivity index (χ4n) is 4.96. The van der Waals surface area contributed by atoms with E-state index in [4.69, 9.17) is 9.84 Å². The number of nitrogens with one attached hydrogen (secondary N) is 2. The molecule has 2 aliphatic carbocycles. The Morgan fingerprint density at radius 2 is 1.59 bits per heavy atom. The van der Waals surface area contributed by atoms with Crippen LogP contribution in [0.2, 0.25) is 0 Å². The van der Waals surface area contributed by atoms with E-state index in [1.807, 2.05) is 31.2 Å². The number of benzene rings is 2. The first-order valence-electron chi connectivity index (χ1n) is 12.1. The van der Waals surface area contributed by atoms with E-state index in [0.717, 1.165) is 41.5 Å². The van der Waals surface area contributed by atoms with E-state index < -0.39 is 12.1 Å². The SMILES string of the molecule is CC[C@@H](CC(=O)NC(CC(=O)O)C1CCC1)NC(=O)OCC1c2ccccc2-c2ccccc21. The van der Waals surface area contributed by atoms with Gasteiger partial charge in [0.25, 0.3) is 0 Å². The number of carboxylic acids is 1. The van der Waals surface area contributed by atoms with Gasteiger partial charge in [0, 0.05) is 24.4 Å². The van der Waals surface area contributed by atoms with Crippen LogP contribution in [0.25, 0.3) is 11.1 Å². The van der Waals surface area contributed by atoms with Crippen molar-refractivity contribution in [2.45, 2.75) is 63.5 Å². The number of amides is 2. The summed E-state index contributed by atoms with van der Waals surface area (Å²) in [6, 6.07) is 15.6. The van der Waals surface area contributed by atoms with Crippen molar-refractivity contribution in [3.05, 3.63) is 59.7 Å². The summed E-state index contributed by atoms with van der Waals surface area (Å²) >= 11 is 0. The van der Waals surface area contributed by atoms with Crippen molar-refractivity contribution in [3.8, 4) is 11.1 Å². The maximum absolute atomic E-state index is 12.6. The summed E-state index contributed by atoms with van der Waals surface area (Å²) in [5.41, 5.74) is 4.61. The number of fused-ring (bicyclic) bond motifs is 3. The minimum absolute atomic E-state index is 0.0271. The molecule has 180 valence electrons. The van der Waals surface area contributed by atoms with Crippen LogP contribution < -0.4 is 10.6 Å². The van der Waals surface area contributed by atoms with Gasteiger partial charge in [-0.1, -0.05) is 61.9 Å². The molecule has 7 nitrogen and oxygen atoms in total. The van der Waals surface area contributed by atoms with E-state index in [1.54, 1.807) is 0 Å². The van der Waals surface area contributed by atoms with Crippen LogP contribution in [-0.4, -0.2) is 41.8 Å². The van der Waals surface area contributed by atoms with Crippen molar-refractivity contribution in [2.24, 2.45) is 5.92 Å². The Kier molecular flexibility index (Phi) is 7.50. The number of alkyl carbamates (subject to hydrolysis) is 1. The molecular weight excluding hydrogens is 432 g/mol. The molecule has 0 saturated heterocycles. The number of hydrogen-bond donors (Lipinski definition) is 3. The van der Waals surface area contributed by atoms with E-state index in [2.05, 4.69) is 34.9 Å². The molecule has 1 fully saturated rings. The Bertz CT molecular complexity index is 1000. The van der Waals surface area contributed by atoms with Gasteiger partial charge in [-0.05, 0) is 47.4 Å². The number of carboxylic acid groups (broad SMARTS) is 1. The molecule has 7 heteroatoms. The zero-order valence-corrected chi connectivity index (χ0v) is 19.5. The maximum atomic E-state index is 12.6. The molecule has 2 amide bonds. The maximum Gasteiger partial charge on any atom is 0.407 e. The number of carbonyl (C=O) groups is 3. The highest BCUT2D eigenvalue weighted by Crippen LogP contribution is 2.44. The largest absolute Gasteiger partial charge is 0.481 e. The van der Waals surface area contributed by atoms with Gasteiger partial charge in [0.05, 0.1) is 6.42 Å². The standard InChI is InChI=1S/C27H32N2O5/c1-2-18(14-25(30)29-24(15-26(31)32)17-8-7-9-17)28-27(33)34-16-23-21-12-5-3-10-19(21)20-11-4-6-13-22(20)23/h3-6,10-13,17-18,23-24H,2,7-9,14-16H2,1H3,(H,28,33)(H,29,30)(H,31,32)/t18-,24?/m0/s1. The summed E-state index contributed by atoms with van der Waals surface area (Å²) in [5.74, 6) is -0.971. The first-order valence-corrected chi connectivity index (χ1v) is 12.1. The van der Waals surface area contributed by atoms with Crippen LogP contribution in [0.1, 0.15) is 62.5 Å². The Morgan fingerprint density at radius 1 is 0.971 bits per heavy atom. The van der Waals surface area contributed by atoms with Crippen LogP contribution in [0.5, 0.6) is 0 Å². The van der Waals surface area contributed by atoms with Gasteiger partial charge in [0.2, 0.25) is 5.91 Å². The van der Waals surface area contributed by atoms with Gasteiger partial charge in [-0.3, -0.25) is 9.59 Å². The molecule has 2 aromatic carbocycles. The Morgan fingerprint density at radius 3 is 2.12 bits per heavy atom. The summed E-state index contributed by atoms with van der Waals surface area (Å²) in [5, 5.41) is 14.8. The fourth-order valence-corrected chi connectivity index (χ4v) is 4.96. The molecule has 2 aromatic rings. The number of hydrogen-bond acceptors (Lipinski definition) is 4. The molecule has 34 heavy (non-hydrogen) atoms. The van der Waals surface area contributed by atoms with Gasteiger partial charge in [0.15, 0.2) is 0 Å². The van der Waals surface area contributed by atoms with Crippen LogP contribution in [0.15, 0.2) is 48.5 Å². The number of carbonyl (C=O) groups excluding carboxylic acids is 2. The highest BCUT2D eigenvalue weighted by Gasteiger charge is 2.31. The van der Waals surface area contributed by atoms with Crippen LogP contribution in [0, 0.1) is 5.92 Å². The van der Waals surface area contributed by atoms with Gasteiger partial charge in [0.1, 0.15) is 6.61 Å². The van der Waals surface area contributed by atoms with Gasteiger partial charge < -0.3 is 20.5 Å². The molecule has 0 aromatic heterocycles. The molecule has 0 aliphatic heterocycles. The van der Waals surface area contributed by atoms with Crippen LogP contribution >= 0.6 is 0 Å².